The van der Waals surface area contributed by atoms with Gasteiger partial charge in [-0.15, -0.1) is 0 Å². The van der Waals surface area contributed by atoms with Crippen LogP contribution in [0.3, 0.4) is 0 Å². The summed E-state index contributed by atoms with van der Waals surface area (Å²) in [4.78, 5) is 27.4. The molecular formula is C20H20F4N2O6. The zero-order valence-corrected chi connectivity index (χ0v) is 16.8. The van der Waals surface area contributed by atoms with Gasteiger partial charge in [0.2, 0.25) is 0 Å². The maximum absolute atomic E-state index is 13.8. The third-order valence-corrected chi connectivity index (χ3v) is 4.98. The van der Waals surface area contributed by atoms with Gasteiger partial charge in [0, 0.05) is 12.7 Å². The first-order valence-electron chi connectivity index (χ1n) is 9.64. The molecule has 0 unspecified atom stereocenters. The lowest BCUT2D eigenvalue weighted by atomic mass is 10.1. The van der Waals surface area contributed by atoms with E-state index < -0.39 is 18.0 Å². The van der Waals surface area contributed by atoms with Crippen molar-refractivity contribution in [3.8, 4) is 5.88 Å². The summed E-state index contributed by atoms with van der Waals surface area (Å²) in [6.07, 6.45) is -2.82. The fraction of sp³-hybridized carbons (Fsp3) is 0.450. The van der Waals surface area contributed by atoms with Crippen LogP contribution in [0.5, 0.6) is 5.88 Å². The van der Waals surface area contributed by atoms with Gasteiger partial charge in [-0.1, -0.05) is 0 Å². The summed E-state index contributed by atoms with van der Waals surface area (Å²) in [5, 5.41) is 7.12. The van der Waals surface area contributed by atoms with Crippen LogP contribution in [0, 0.1) is 12.7 Å². The summed E-state index contributed by atoms with van der Waals surface area (Å²) in [6.45, 7) is 2.72. The predicted octanol–water partition coefficient (Wildman–Crippen LogP) is 3.21. The first kappa shape index (κ1) is 23.5. The minimum Gasteiger partial charge on any atom is -0.475 e. The fourth-order valence-corrected chi connectivity index (χ4v) is 3.59. The molecule has 0 radical (unpaired) electrons. The highest BCUT2D eigenvalue weighted by Gasteiger charge is 2.46. The summed E-state index contributed by atoms with van der Waals surface area (Å²) in [6, 6.07) is 6.18. The Morgan fingerprint density at radius 2 is 1.97 bits per heavy atom. The van der Waals surface area contributed by atoms with E-state index >= 15 is 0 Å². The normalized spacial score (nSPS) is 22.5. The van der Waals surface area contributed by atoms with Crippen LogP contribution in [0.2, 0.25) is 0 Å². The third-order valence-electron chi connectivity index (χ3n) is 4.98. The Balaban J connectivity index is 0.000000360. The van der Waals surface area contributed by atoms with Gasteiger partial charge >= 0.3 is 12.1 Å². The molecule has 2 aliphatic rings. The van der Waals surface area contributed by atoms with Crippen LogP contribution >= 0.6 is 0 Å². The standard InChI is InChI=1S/C18H19FN2O4.C2HF3O2/c1-11-4-6-15(24-11)18(22)21-9-10-23-16-13(21)5-7-14(16)25-17-12(19)3-2-8-20-17;3-2(4,5)1(6)7/h2-4,6,8,13-14,16H,5,7,9-10H2,1H3;(H,6,7)/t13-,14-,16+;/m0./s1. The Morgan fingerprint density at radius 1 is 1.25 bits per heavy atom. The number of ether oxygens (including phenoxy) is 2. The number of rotatable bonds is 3. The Morgan fingerprint density at radius 3 is 2.56 bits per heavy atom. The number of hydrogen-bond donors (Lipinski definition) is 1. The molecule has 2 fully saturated rings. The van der Waals surface area contributed by atoms with Crippen molar-refractivity contribution >= 4 is 11.9 Å². The molecule has 0 aromatic carbocycles. The van der Waals surface area contributed by atoms with Crippen LogP contribution < -0.4 is 4.74 Å². The zero-order chi connectivity index (χ0) is 23.5. The number of amides is 1. The maximum Gasteiger partial charge on any atom is 0.490 e. The molecule has 12 heteroatoms. The first-order valence-corrected chi connectivity index (χ1v) is 9.64. The largest absolute Gasteiger partial charge is 0.490 e. The molecule has 174 valence electrons. The smallest absolute Gasteiger partial charge is 0.475 e. The molecule has 0 spiro atoms. The van der Waals surface area contributed by atoms with E-state index in [0.717, 1.165) is 6.42 Å². The van der Waals surface area contributed by atoms with Gasteiger partial charge in [0.05, 0.1) is 12.6 Å². The highest BCUT2D eigenvalue weighted by Crippen LogP contribution is 2.34. The van der Waals surface area contributed by atoms with Gasteiger partial charge in [-0.2, -0.15) is 13.2 Å². The SMILES string of the molecule is Cc1ccc(C(=O)N2CCO[C@H]3[C@@H](Oc4ncccc4F)CC[C@@H]32)o1.O=C(O)C(F)(F)F. The molecule has 1 saturated carbocycles. The second-order valence-electron chi connectivity index (χ2n) is 7.14. The van der Waals surface area contributed by atoms with Crippen LogP contribution in [0.4, 0.5) is 17.6 Å². The van der Waals surface area contributed by atoms with E-state index in [1.54, 1.807) is 24.0 Å². The van der Waals surface area contributed by atoms with Crippen molar-refractivity contribution in [3.63, 3.8) is 0 Å². The average molecular weight is 460 g/mol. The quantitative estimate of drug-likeness (QED) is 0.702. The van der Waals surface area contributed by atoms with Gasteiger partial charge in [-0.25, -0.2) is 14.2 Å². The predicted molar refractivity (Wildman–Crippen MR) is 99.5 cm³/mol. The van der Waals surface area contributed by atoms with Gasteiger partial charge in [-0.05, 0) is 44.0 Å². The number of nitrogens with zero attached hydrogens (tertiary/aromatic N) is 2. The van der Waals surface area contributed by atoms with Gasteiger partial charge < -0.3 is 23.9 Å². The number of aromatic nitrogens is 1. The molecule has 1 saturated heterocycles. The van der Waals surface area contributed by atoms with Crippen LogP contribution in [-0.2, 0) is 9.53 Å². The highest BCUT2D eigenvalue weighted by molar-refractivity contribution is 5.92. The molecule has 1 aliphatic heterocycles. The topological polar surface area (TPSA) is 102 Å². The maximum atomic E-state index is 13.8. The van der Waals surface area contributed by atoms with E-state index in [9.17, 15) is 22.4 Å². The Hall–Kier alpha value is -3.15. The number of furan rings is 1. The van der Waals surface area contributed by atoms with Crippen molar-refractivity contribution in [2.24, 2.45) is 0 Å². The third kappa shape index (κ3) is 5.36. The number of carboxylic acid groups (broad SMARTS) is 1. The lowest BCUT2D eigenvalue weighted by molar-refractivity contribution is -0.192. The van der Waals surface area contributed by atoms with Gasteiger partial charge in [0.15, 0.2) is 11.6 Å². The number of fused-ring (bicyclic) bond motifs is 1. The Labute approximate surface area is 179 Å². The second-order valence-corrected chi connectivity index (χ2v) is 7.14. The summed E-state index contributed by atoms with van der Waals surface area (Å²) in [5.41, 5.74) is 0. The summed E-state index contributed by atoms with van der Waals surface area (Å²) >= 11 is 0. The minimum atomic E-state index is -5.08. The number of carbonyl (C=O) groups is 2. The molecule has 1 amide bonds. The van der Waals surface area contributed by atoms with Crippen molar-refractivity contribution < 1.29 is 46.1 Å². The number of carboxylic acids is 1. The lowest BCUT2D eigenvalue weighted by Gasteiger charge is -2.38. The van der Waals surface area contributed by atoms with E-state index in [1.165, 1.54) is 18.3 Å². The number of alkyl halides is 3. The van der Waals surface area contributed by atoms with Crippen molar-refractivity contribution in [2.45, 2.75) is 44.2 Å². The van der Waals surface area contributed by atoms with Crippen LogP contribution in [-0.4, -0.2) is 64.4 Å². The first-order chi connectivity index (χ1) is 15.1. The van der Waals surface area contributed by atoms with Crippen LogP contribution in [0.1, 0.15) is 29.2 Å². The molecule has 4 rings (SSSR count). The van der Waals surface area contributed by atoms with Gasteiger partial charge in [-0.3, -0.25) is 4.79 Å². The highest BCUT2D eigenvalue weighted by atomic mass is 19.4. The van der Waals surface area contributed by atoms with E-state index in [4.69, 9.17) is 23.8 Å². The molecule has 2 aromatic rings. The number of carbonyl (C=O) groups excluding carboxylic acids is 1. The molecule has 8 nitrogen and oxygen atoms in total. The Kier molecular flexibility index (Phi) is 7.02. The lowest BCUT2D eigenvalue weighted by Crippen LogP contribution is -2.54. The number of aryl methyl sites for hydroxylation is 1. The van der Waals surface area contributed by atoms with Crippen molar-refractivity contribution in [3.05, 3.63) is 47.8 Å². The second kappa shape index (κ2) is 9.55. The summed E-state index contributed by atoms with van der Waals surface area (Å²) in [5.74, 6) is -2.39. The number of hydrogen-bond acceptors (Lipinski definition) is 6. The molecule has 32 heavy (non-hydrogen) atoms. The van der Waals surface area contributed by atoms with Crippen LogP contribution in [0.15, 0.2) is 34.9 Å². The molecule has 3 heterocycles. The molecule has 1 N–H and O–H groups in total. The number of morpholine rings is 1. The molecular weight excluding hydrogens is 440 g/mol. The summed E-state index contributed by atoms with van der Waals surface area (Å²) in [7, 11) is 0. The van der Waals surface area contributed by atoms with Gasteiger partial charge in [0.25, 0.3) is 11.8 Å². The average Bonchev–Trinajstić information content (AvgIpc) is 3.35. The van der Waals surface area contributed by atoms with E-state index in [1.807, 2.05) is 0 Å². The van der Waals surface area contributed by atoms with Crippen molar-refractivity contribution in [1.29, 1.82) is 0 Å². The van der Waals surface area contributed by atoms with Crippen molar-refractivity contribution in [1.82, 2.24) is 9.88 Å². The number of pyridine rings is 1. The molecule has 0 bridgehead atoms. The fourth-order valence-electron chi connectivity index (χ4n) is 3.59. The van der Waals surface area contributed by atoms with Gasteiger partial charge in [0.1, 0.15) is 18.0 Å². The number of aliphatic carboxylic acids is 1. The van der Waals surface area contributed by atoms with E-state index in [2.05, 4.69) is 4.98 Å². The van der Waals surface area contributed by atoms with Crippen LogP contribution in [0.25, 0.3) is 0 Å². The Bertz CT molecular complexity index is 964. The van der Waals surface area contributed by atoms with E-state index in [-0.39, 0.29) is 30.0 Å². The summed E-state index contributed by atoms with van der Waals surface area (Å²) < 4.78 is 62.6. The van der Waals surface area contributed by atoms with Crippen molar-refractivity contribution in [2.75, 3.05) is 13.2 Å². The monoisotopic (exact) mass is 460 g/mol. The molecule has 1 aliphatic carbocycles. The minimum absolute atomic E-state index is 0.0261. The number of halogens is 4. The molecule has 3 atom stereocenters. The molecule has 2 aromatic heterocycles. The zero-order valence-electron chi connectivity index (χ0n) is 16.8. The van der Waals surface area contributed by atoms with E-state index in [0.29, 0.717) is 31.1 Å².